The van der Waals surface area contributed by atoms with Crippen molar-refractivity contribution in [1.29, 1.82) is 0 Å². The van der Waals surface area contributed by atoms with Gasteiger partial charge in [0.25, 0.3) is 11.1 Å². The van der Waals surface area contributed by atoms with E-state index in [1.54, 1.807) is 36.4 Å². The fourth-order valence-corrected chi connectivity index (χ4v) is 2.42. The molecule has 126 valence electrons. The third-order valence-electron chi connectivity index (χ3n) is 3.27. The van der Waals surface area contributed by atoms with Gasteiger partial charge in [-0.2, -0.15) is 0 Å². The van der Waals surface area contributed by atoms with Crippen LogP contribution < -0.4 is 5.32 Å². The predicted octanol–water partition coefficient (Wildman–Crippen LogP) is 4.25. The standard InChI is InChI=1S/C18H14FN3O2S/c1-25-18-22-21-17(24-18)14-7-2-3-8-15(14)20-16(23)10-9-12-5-4-6-13(19)11-12/h2-11H,1H3,(H,20,23)/b10-9+. The fourth-order valence-electron chi connectivity index (χ4n) is 2.14. The smallest absolute Gasteiger partial charge is 0.276 e. The van der Waals surface area contributed by atoms with Gasteiger partial charge in [0.15, 0.2) is 0 Å². The van der Waals surface area contributed by atoms with E-state index in [4.69, 9.17) is 4.42 Å². The summed E-state index contributed by atoms with van der Waals surface area (Å²) in [5.74, 6) is -0.371. The van der Waals surface area contributed by atoms with Gasteiger partial charge in [-0.15, -0.1) is 10.2 Å². The highest BCUT2D eigenvalue weighted by Crippen LogP contribution is 2.28. The third-order valence-corrected chi connectivity index (χ3v) is 3.79. The molecule has 5 nitrogen and oxygen atoms in total. The number of halogens is 1. The molecule has 2 aromatic carbocycles. The highest BCUT2D eigenvalue weighted by Gasteiger charge is 2.13. The summed E-state index contributed by atoms with van der Waals surface area (Å²) in [5, 5.41) is 11.1. The zero-order valence-corrected chi connectivity index (χ0v) is 14.1. The molecule has 0 saturated heterocycles. The van der Waals surface area contributed by atoms with Gasteiger partial charge in [0.05, 0.1) is 11.3 Å². The Hall–Kier alpha value is -2.93. The largest absolute Gasteiger partial charge is 0.411 e. The third kappa shape index (κ3) is 4.33. The maximum absolute atomic E-state index is 13.2. The lowest BCUT2D eigenvalue weighted by atomic mass is 10.1. The molecule has 1 heterocycles. The second kappa shape index (κ2) is 7.76. The molecule has 0 saturated carbocycles. The molecule has 0 aliphatic heterocycles. The quantitative estimate of drug-likeness (QED) is 0.547. The minimum Gasteiger partial charge on any atom is -0.411 e. The summed E-state index contributed by atoms with van der Waals surface area (Å²) in [6, 6.07) is 13.1. The molecule has 0 atom stereocenters. The first kappa shape index (κ1) is 16.9. The van der Waals surface area contributed by atoms with Crippen molar-refractivity contribution in [3.63, 3.8) is 0 Å². The Morgan fingerprint density at radius 2 is 2.04 bits per heavy atom. The first-order valence-electron chi connectivity index (χ1n) is 7.37. The van der Waals surface area contributed by atoms with Crippen LogP contribution in [0, 0.1) is 5.82 Å². The topological polar surface area (TPSA) is 68.0 Å². The average Bonchev–Trinajstić information content (AvgIpc) is 3.09. The number of carbonyl (C=O) groups is 1. The molecule has 0 aliphatic carbocycles. The highest BCUT2D eigenvalue weighted by atomic mass is 32.2. The first-order chi connectivity index (χ1) is 12.2. The van der Waals surface area contributed by atoms with Crippen LogP contribution in [0.15, 0.2) is 64.2 Å². The van der Waals surface area contributed by atoms with Crippen molar-refractivity contribution >= 4 is 29.4 Å². The van der Waals surface area contributed by atoms with Gasteiger partial charge in [0.1, 0.15) is 5.82 Å². The Morgan fingerprint density at radius 1 is 1.20 bits per heavy atom. The van der Waals surface area contributed by atoms with Crippen molar-refractivity contribution < 1.29 is 13.6 Å². The molecule has 0 bridgehead atoms. The van der Waals surface area contributed by atoms with Crippen LogP contribution in [-0.2, 0) is 4.79 Å². The molecule has 3 aromatic rings. The van der Waals surface area contributed by atoms with Gasteiger partial charge >= 0.3 is 0 Å². The minimum atomic E-state index is -0.353. The second-order valence-corrected chi connectivity index (χ2v) is 5.76. The van der Waals surface area contributed by atoms with Gasteiger partial charge in [-0.3, -0.25) is 4.79 Å². The van der Waals surface area contributed by atoms with Crippen LogP contribution in [0.1, 0.15) is 5.56 Å². The Balaban J connectivity index is 1.77. The molecule has 0 fully saturated rings. The van der Waals surface area contributed by atoms with Crippen LogP contribution in [0.4, 0.5) is 10.1 Å². The van der Waals surface area contributed by atoms with Crippen molar-refractivity contribution in [2.75, 3.05) is 11.6 Å². The summed E-state index contributed by atoms with van der Waals surface area (Å²) in [5.41, 5.74) is 1.78. The Morgan fingerprint density at radius 3 is 2.80 bits per heavy atom. The Bertz CT molecular complexity index is 924. The number of anilines is 1. The summed E-state index contributed by atoms with van der Waals surface area (Å²) in [7, 11) is 0. The summed E-state index contributed by atoms with van der Waals surface area (Å²) in [4.78, 5) is 12.2. The highest BCUT2D eigenvalue weighted by molar-refractivity contribution is 7.98. The molecule has 1 amide bonds. The van der Waals surface area contributed by atoms with Crippen molar-refractivity contribution in [3.8, 4) is 11.5 Å². The van der Waals surface area contributed by atoms with Gasteiger partial charge in [-0.1, -0.05) is 36.0 Å². The number of nitrogens with one attached hydrogen (secondary N) is 1. The zero-order valence-electron chi connectivity index (χ0n) is 13.3. The summed E-state index contributed by atoms with van der Waals surface area (Å²) < 4.78 is 18.7. The first-order valence-corrected chi connectivity index (χ1v) is 8.60. The van der Waals surface area contributed by atoms with Gasteiger partial charge in [-0.05, 0) is 42.2 Å². The van der Waals surface area contributed by atoms with Crippen molar-refractivity contribution in [2.24, 2.45) is 0 Å². The lowest BCUT2D eigenvalue weighted by Gasteiger charge is -2.06. The average molecular weight is 355 g/mol. The number of aromatic nitrogens is 2. The SMILES string of the molecule is CSc1nnc(-c2ccccc2NC(=O)/C=C/c2cccc(F)c2)o1. The predicted molar refractivity (Wildman–Crippen MR) is 95.6 cm³/mol. The van der Waals surface area contributed by atoms with Crippen molar-refractivity contribution in [2.45, 2.75) is 5.22 Å². The minimum absolute atomic E-state index is 0.328. The maximum atomic E-state index is 13.2. The van der Waals surface area contributed by atoms with Gasteiger partial charge in [0, 0.05) is 6.08 Å². The fraction of sp³-hybridized carbons (Fsp3) is 0.0556. The molecular formula is C18H14FN3O2S. The summed E-state index contributed by atoms with van der Waals surface area (Å²) >= 11 is 1.34. The van der Waals surface area contributed by atoms with Crippen LogP contribution in [0.2, 0.25) is 0 Å². The molecular weight excluding hydrogens is 341 g/mol. The molecule has 0 spiro atoms. The Labute approximate surface area is 148 Å². The van der Waals surface area contributed by atoms with E-state index >= 15 is 0 Å². The van der Waals surface area contributed by atoms with E-state index in [-0.39, 0.29) is 11.7 Å². The lowest BCUT2D eigenvalue weighted by Crippen LogP contribution is -2.08. The van der Waals surface area contributed by atoms with Crippen LogP contribution in [0.3, 0.4) is 0 Å². The molecule has 0 radical (unpaired) electrons. The molecule has 3 rings (SSSR count). The van der Waals surface area contributed by atoms with Crippen molar-refractivity contribution in [3.05, 3.63) is 66.0 Å². The summed E-state index contributed by atoms with van der Waals surface area (Å²) in [6.45, 7) is 0. The normalized spacial score (nSPS) is 11.0. The van der Waals surface area contributed by atoms with E-state index in [1.807, 2.05) is 12.3 Å². The van der Waals surface area contributed by atoms with Crippen LogP contribution in [0.5, 0.6) is 0 Å². The van der Waals surface area contributed by atoms with Gasteiger partial charge < -0.3 is 9.73 Å². The summed E-state index contributed by atoms with van der Waals surface area (Å²) in [6.07, 6.45) is 4.72. The molecule has 0 aliphatic rings. The second-order valence-electron chi connectivity index (χ2n) is 5.00. The van der Waals surface area contributed by atoms with Crippen LogP contribution in [-0.4, -0.2) is 22.4 Å². The number of rotatable bonds is 5. The number of nitrogens with zero attached hydrogens (tertiary/aromatic N) is 2. The molecule has 25 heavy (non-hydrogen) atoms. The number of carbonyl (C=O) groups excluding carboxylic acids is 1. The van der Waals surface area contributed by atoms with Crippen LogP contribution >= 0.6 is 11.8 Å². The lowest BCUT2D eigenvalue weighted by molar-refractivity contribution is -0.111. The van der Waals surface area contributed by atoms with E-state index in [2.05, 4.69) is 15.5 Å². The number of hydrogen-bond acceptors (Lipinski definition) is 5. The number of amides is 1. The van der Waals surface area contributed by atoms with Crippen LogP contribution in [0.25, 0.3) is 17.5 Å². The molecule has 1 N–H and O–H groups in total. The number of hydrogen-bond donors (Lipinski definition) is 1. The number of benzene rings is 2. The van der Waals surface area contributed by atoms with Gasteiger partial charge in [-0.25, -0.2) is 4.39 Å². The number of thioether (sulfide) groups is 1. The van der Waals surface area contributed by atoms with E-state index < -0.39 is 0 Å². The Kier molecular flexibility index (Phi) is 5.25. The maximum Gasteiger partial charge on any atom is 0.276 e. The van der Waals surface area contributed by atoms with Gasteiger partial charge in [0.2, 0.25) is 5.91 Å². The van der Waals surface area contributed by atoms with Crippen molar-refractivity contribution in [1.82, 2.24) is 10.2 Å². The molecule has 7 heteroatoms. The molecule has 0 unspecified atom stereocenters. The van der Waals surface area contributed by atoms with E-state index in [0.29, 0.717) is 27.9 Å². The monoisotopic (exact) mass is 355 g/mol. The zero-order chi connectivity index (χ0) is 17.6. The molecule has 1 aromatic heterocycles. The van der Waals surface area contributed by atoms with E-state index in [1.165, 1.54) is 30.0 Å². The van der Waals surface area contributed by atoms with E-state index in [9.17, 15) is 9.18 Å². The number of para-hydroxylation sites is 1. The van der Waals surface area contributed by atoms with E-state index in [0.717, 1.165) is 0 Å².